The Labute approximate surface area is 172 Å². The van der Waals surface area contributed by atoms with Crippen molar-refractivity contribution in [3.63, 3.8) is 0 Å². The van der Waals surface area contributed by atoms with E-state index in [9.17, 15) is 9.59 Å². The highest BCUT2D eigenvalue weighted by Crippen LogP contribution is 2.31. The van der Waals surface area contributed by atoms with Crippen molar-refractivity contribution < 1.29 is 19.1 Å². The van der Waals surface area contributed by atoms with Crippen molar-refractivity contribution in [3.8, 4) is 11.5 Å². The maximum atomic E-state index is 12.5. The molecule has 2 aromatic rings. The second-order valence-corrected chi connectivity index (χ2v) is 7.35. The number of amides is 2. The molecule has 0 saturated carbocycles. The number of methoxy groups -OCH3 is 2. The van der Waals surface area contributed by atoms with Gasteiger partial charge in [-0.3, -0.25) is 9.59 Å². The second-order valence-electron chi connectivity index (χ2n) is 6.19. The number of benzene rings is 2. The standard InChI is InChI=1S/C20H23IN2O4/c1-11-6-12(2)19(13(3)7-11)23-18(24)10-22-20(25)14-8-16(26-4)17(27-5)9-15(14)21/h6-9H,10H2,1-5H3,(H,22,25)(H,23,24). The van der Waals surface area contributed by atoms with Crippen LogP contribution in [0.1, 0.15) is 27.0 Å². The van der Waals surface area contributed by atoms with E-state index in [-0.39, 0.29) is 18.4 Å². The lowest BCUT2D eigenvalue weighted by Crippen LogP contribution is -2.33. The van der Waals surface area contributed by atoms with Gasteiger partial charge in [0.2, 0.25) is 5.91 Å². The van der Waals surface area contributed by atoms with Crippen LogP contribution in [0.15, 0.2) is 24.3 Å². The molecule has 2 aromatic carbocycles. The van der Waals surface area contributed by atoms with E-state index in [0.29, 0.717) is 20.6 Å². The molecular weight excluding hydrogens is 459 g/mol. The molecule has 0 atom stereocenters. The van der Waals surface area contributed by atoms with E-state index in [1.807, 2.05) is 55.5 Å². The fourth-order valence-electron chi connectivity index (χ4n) is 2.84. The number of nitrogens with one attached hydrogen (secondary N) is 2. The molecule has 0 aromatic heterocycles. The molecule has 2 rings (SSSR count). The number of anilines is 1. The number of carbonyl (C=O) groups is 2. The lowest BCUT2D eigenvalue weighted by atomic mass is 10.1. The summed E-state index contributed by atoms with van der Waals surface area (Å²) in [6, 6.07) is 7.33. The zero-order chi connectivity index (χ0) is 20.1. The van der Waals surface area contributed by atoms with E-state index in [1.165, 1.54) is 14.2 Å². The van der Waals surface area contributed by atoms with Gasteiger partial charge in [0, 0.05) is 9.26 Å². The topological polar surface area (TPSA) is 76.7 Å². The predicted octanol–water partition coefficient (Wildman–Crippen LogP) is 3.60. The van der Waals surface area contributed by atoms with E-state index >= 15 is 0 Å². The number of ether oxygens (including phenoxy) is 2. The molecule has 6 nitrogen and oxygen atoms in total. The molecule has 27 heavy (non-hydrogen) atoms. The number of carbonyl (C=O) groups excluding carboxylic acids is 2. The van der Waals surface area contributed by atoms with Crippen LogP contribution in [0, 0.1) is 24.3 Å². The van der Waals surface area contributed by atoms with Crippen LogP contribution in [-0.2, 0) is 4.79 Å². The van der Waals surface area contributed by atoms with E-state index in [1.54, 1.807) is 12.1 Å². The SMILES string of the molecule is COc1cc(I)c(C(=O)NCC(=O)Nc2c(C)cc(C)cc2C)cc1OC. The van der Waals surface area contributed by atoms with Gasteiger partial charge in [-0.25, -0.2) is 0 Å². The molecule has 0 heterocycles. The molecule has 0 fully saturated rings. The van der Waals surface area contributed by atoms with Gasteiger partial charge < -0.3 is 20.1 Å². The van der Waals surface area contributed by atoms with Crippen LogP contribution >= 0.6 is 22.6 Å². The maximum Gasteiger partial charge on any atom is 0.252 e. The molecule has 0 aliphatic rings. The predicted molar refractivity (Wildman–Crippen MR) is 114 cm³/mol. The van der Waals surface area contributed by atoms with Crippen LogP contribution < -0.4 is 20.1 Å². The van der Waals surface area contributed by atoms with Gasteiger partial charge in [-0.05, 0) is 66.6 Å². The largest absolute Gasteiger partial charge is 0.493 e. The van der Waals surface area contributed by atoms with Gasteiger partial charge >= 0.3 is 0 Å². The third-order valence-corrected chi connectivity index (χ3v) is 4.96. The van der Waals surface area contributed by atoms with Crippen LogP contribution in [0.5, 0.6) is 11.5 Å². The molecule has 0 spiro atoms. The summed E-state index contributed by atoms with van der Waals surface area (Å²) in [6.45, 7) is 5.77. The van der Waals surface area contributed by atoms with Crippen molar-refractivity contribution >= 4 is 40.1 Å². The van der Waals surface area contributed by atoms with Crippen LogP contribution in [0.3, 0.4) is 0 Å². The molecule has 2 amide bonds. The number of hydrogen-bond acceptors (Lipinski definition) is 4. The summed E-state index contributed by atoms with van der Waals surface area (Å²) < 4.78 is 11.2. The Hall–Kier alpha value is -2.29. The molecule has 2 N–H and O–H groups in total. The summed E-state index contributed by atoms with van der Waals surface area (Å²) in [5.41, 5.74) is 4.31. The van der Waals surface area contributed by atoms with Crippen molar-refractivity contribution in [1.29, 1.82) is 0 Å². The van der Waals surface area contributed by atoms with Crippen molar-refractivity contribution in [1.82, 2.24) is 5.32 Å². The van der Waals surface area contributed by atoms with Gasteiger partial charge in [0.05, 0.1) is 26.3 Å². The van der Waals surface area contributed by atoms with Crippen LogP contribution in [0.2, 0.25) is 0 Å². The first-order valence-electron chi connectivity index (χ1n) is 8.34. The number of hydrogen-bond donors (Lipinski definition) is 2. The summed E-state index contributed by atoms with van der Waals surface area (Å²) in [4.78, 5) is 24.8. The minimum atomic E-state index is -0.354. The highest BCUT2D eigenvalue weighted by molar-refractivity contribution is 14.1. The second kappa shape index (κ2) is 9.07. The van der Waals surface area contributed by atoms with E-state index in [4.69, 9.17) is 9.47 Å². The van der Waals surface area contributed by atoms with Crippen molar-refractivity contribution in [2.45, 2.75) is 20.8 Å². The van der Waals surface area contributed by atoms with E-state index in [2.05, 4.69) is 10.6 Å². The molecule has 0 aliphatic heterocycles. The zero-order valence-electron chi connectivity index (χ0n) is 16.0. The fraction of sp³-hybridized carbons (Fsp3) is 0.300. The molecule has 0 radical (unpaired) electrons. The lowest BCUT2D eigenvalue weighted by molar-refractivity contribution is -0.115. The number of aryl methyl sites for hydroxylation is 3. The first kappa shape index (κ1) is 21.0. The van der Waals surface area contributed by atoms with Crippen LogP contribution in [0.25, 0.3) is 0 Å². The average molecular weight is 482 g/mol. The molecular formula is C20H23IN2O4. The molecule has 0 aliphatic carbocycles. The quantitative estimate of drug-likeness (QED) is 0.618. The Balaban J connectivity index is 2.07. The van der Waals surface area contributed by atoms with Gasteiger partial charge in [-0.15, -0.1) is 0 Å². The highest BCUT2D eigenvalue weighted by Gasteiger charge is 2.16. The zero-order valence-corrected chi connectivity index (χ0v) is 18.2. The Morgan fingerprint density at radius 1 is 0.963 bits per heavy atom. The summed E-state index contributed by atoms with van der Waals surface area (Å²) >= 11 is 2.05. The third-order valence-electron chi connectivity index (χ3n) is 4.07. The maximum absolute atomic E-state index is 12.5. The third kappa shape index (κ3) is 5.12. The molecule has 0 unspecified atom stereocenters. The van der Waals surface area contributed by atoms with E-state index < -0.39 is 0 Å². The molecule has 144 valence electrons. The molecule has 0 saturated heterocycles. The summed E-state index contributed by atoms with van der Waals surface area (Å²) in [6.07, 6.45) is 0. The average Bonchev–Trinajstić information content (AvgIpc) is 2.62. The molecule has 0 bridgehead atoms. The van der Waals surface area contributed by atoms with Crippen LogP contribution in [-0.4, -0.2) is 32.6 Å². The van der Waals surface area contributed by atoms with Gasteiger partial charge in [-0.1, -0.05) is 17.7 Å². The summed E-state index contributed by atoms with van der Waals surface area (Å²) in [5.74, 6) is 0.363. The Morgan fingerprint density at radius 2 is 1.52 bits per heavy atom. The molecule has 7 heteroatoms. The van der Waals surface area contributed by atoms with E-state index in [0.717, 1.165) is 22.4 Å². The number of rotatable bonds is 6. The Kier molecular flexibility index (Phi) is 7.06. The smallest absolute Gasteiger partial charge is 0.252 e. The van der Waals surface area contributed by atoms with Crippen molar-refractivity contribution in [2.24, 2.45) is 0 Å². The monoisotopic (exact) mass is 482 g/mol. The highest BCUT2D eigenvalue weighted by atomic mass is 127. The minimum absolute atomic E-state index is 0.129. The van der Waals surface area contributed by atoms with Gasteiger partial charge in [0.25, 0.3) is 5.91 Å². The Morgan fingerprint density at radius 3 is 2.07 bits per heavy atom. The summed E-state index contributed by atoms with van der Waals surface area (Å²) in [5, 5.41) is 5.51. The van der Waals surface area contributed by atoms with Crippen LogP contribution in [0.4, 0.5) is 5.69 Å². The van der Waals surface area contributed by atoms with Gasteiger partial charge in [0.15, 0.2) is 11.5 Å². The normalized spacial score (nSPS) is 10.3. The lowest BCUT2D eigenvalue weighted by Gasteiger charge is -2.14. The van der Waals surface area contributed by atoms with Gasteiger partial charge in [-0.2, -0.15) is 0 Å². The van der Waals surface area contributed by atoms with Crippen molar-refractivity contribution in [2.75, 3.05) is 26.1 Å². The fourth-order valence-corrected chi connectivity index (χ4v) is 3.53. The first-order chi connectivity index (χ1) is 12.8. The summed E-state index contributed by atoms with van der Waals surface area (Å²) in [7, 11) is 3.04. The Bertz CT molecular complexity index is 858. The van der Waals surface area contributed by atoms with Crippen molar-refractivity contribution in [3.05, 3.63) is 50.1 Å². The first-order valence-corrected chi connectivity index (χ1v) is 9.42. The minimum Gasteiger partial charge on any atom is -0.493 e. The van der Waals surface area contributed by atoms with Gasteiger partial charge in [0.1, 0.15) is 0 Å². The number of halogens is 1.